The van der Waals surface area contributed by atoms with Crippen LogP contribution in [0.4, 0.5) is 9.02 Å². The topological polar surface area (TPSA) is 91.5 Å². The number of benzene rings is 1. The molecule has 6 nitrogen and oxygen atoms in total. The first kappa shape index (κ1) is 13.6. The van der Waals surface area contributed by atoms with E-state index in [0.29, 0.717) is 22.1 Å². The molecule has 9 heteroatoms. The number of rotatable bonds is 4. The summed E-state index contributed by atoms with van der Waals surface area (Å²) in [5.74, 6) is 0.109. The van der Waals surface area contributed by atoms with Gasteiger partial charge in [-0.05, 0) is 12.1 Å². The molecule has 0 atom stereocenters. The molecule has 102 valence electrons. The first-order valence-electron chi connectivity index (χ1n) is 4.92. The van der Waals surface area contributed by atoms with Gasteiger partial charge in [-0.15, -0.1) is 11.3 Å². The van der Waals surface area contributed by atoms with E-state index < -0.39 is 10.5 Å². The van der Waals surface area contributed by atoms with Gasteiger partial charge in [-0.25, -0.2) is 4.98 Å². The van der Waals surface area contributed by atoms with E-state index in [1.807, 2.05) is 0 Å². The number of thiazole rings is 1. The van der Waals surface area contributed by atoms with E-state index in [2.05, 4.69) is 9.17 Å². The Morgan fingerprint density at radius 2 is 2.16 bits per heavy atom. The Morgan fingerprint density at radius 3 is 2.68 bits per heavy atom. The SMILES string of the molecule is COc1ccc(-c2csc(N)n2)c(OS(=O)(=O)F)c1. The van der Waals surface area contributed by atoms with E-state index in [4.69, 9.17) is 10.5 Å². The molecule has 1 aromatic heterocycles. The molecule has 2 rings (SSSR count). The number of hydrogen-bond acceptors (Lipinski definition) is 7. The van der Waals surface area contributed by atoms with Gasteiger partial charge in [0, 0.05) is 17.0 Å². The Bertz CT molecular complexity index is 699. The van der Waals surface area contributed by atoms with Crippen molar-refractivity contribution in [2.45, 2.75) is 0 Å². The van der Waals surface area contributed by atoms with Crippen LogP contribution in [0.3, 0.4) is 0 Å². The van der Waals surface area contributed by atoms with Crippen molar-refractivity contribution in [2.75, 3.05) is 12.8 Å². The van der Waals surface area contributed by atoms with Crippen LogP contribution in [-0.2, 0) is 10.5 Å². The summed E-state index contributed by atoms with van der Waals surface area (Å²) in [5, 5.41) is 1.91. The highest BCUT2D eigenvalue weighted by atomic mass is 32.3. The average Bonchev–Trinajstić information content (AvgIpc) is 2.73. The molecule has 0 saturated carbocycles. The summed E-state index contributed by atoms with van der Waals surface area (Å²) in [6.07, 6.45) is 0. The predicted octanol–water partition coefficient (Wildman–Crippen LogP) is 1.99. The summed E-state index contributed by atoms with van der Waals surface area (Å²) in [5.41, 5.74) is 6.19. The number of halogens is 1. The highest BCUT2D eigenvalue weighted by molar-refractivity contribution is 7.81. The summed E-state index contributed by atoms with van der Waals surface area (Å²) in [6.45, 7) is 0. The highest BCUT2D eigenvalue weighted by Crippen LogP contribution is 2.35. The van der Waals surface area contributed by atoms with Gasteiger partial charge in [-0.2, -0.15) is 8.42 Å². The van der Waals surface area contributed by atoms with Crippen LogP contribution in [0.5, 0.6) is 11.5 Å². The lowest BCUT2D eigenvalue weighted by atomic mass is 10.1. The third-order valence-electron chi connectivity index (χ3n) is 2.18. The third kappa shape index (κ3) is 3.32. The average molecular weight is 304 g/mol. The smallest absolute Gasteiger partial charge is 0.488 e. The second kappa shape index (κ2) is 5.02. The number of nitrogens with zero attached hydrogens (tertiary/aromatic N) is 1. The van der Waals surface area contributed by atoms with Gasteiger partial charge in [-0.3, -0.25) is 0 Å². The monoisotopic (exact) mass is 304 g/mol. The van der Waals surface area contributed by atoms with Crippen molar-refractivity contribution < 1.29 is 21.2 Å². The molecule has 0 aliphatic heterocycles. The molecule has 2 N–H and O–H groups in total. The fourth-order valence-corrected chi connectivity index (χ4v) is 2.34. The first-order valence-corrected chi connectivity index (χ1v) is 7.11. The Balaban J connectivity index is 2.53. The molecule has 0 radical (unpaired) electrons. The van der Waals surface area contributed by atoms with Gasteiger partial charge in [0.05, 0.1) is 12.8 Å². The molecule has 0 unspecified atom stereocenters. The van der Waals surface area contributed by atoms with E-state index in [0.717, 1.165) is 0 Å². The van der Waals surface area contributed by atoms with Crippen LogP contribution < -0.4 is 14.7 Å². The lowest BCUT2D eigenvalue weighted by molar-refractivity contribution is 0.409. The summed E-state index contributed by atoms with van der Waals surface area (Å²) < 4.78 is 43.1. The maximum atomic E-state index is 12.7. The van der Waals surface area contributed by atoms with Crippen LogP contribution in [0, 0.1) is 0 Å². The number of aromatic nitrogens is 1. The zero-order valence-corrected chi connectivity index (χ0v) is 11.3. The van der Waals surface area contributed by atoms with Crippen molar-refractivity contribution >= 4 is 27.0 Å². The lowest BCUT2D eigenvalue weighted by Crippen LogP contribution is -2.03. The molecule has 0 amide bonds. The van der Waals surface area contributed by atoms with Crippen molar-refractivity contribution in [1.29, 1.82) is 0 Å². The van der Waals surface area contributed by atoms with Gasteiger partial charge < -0.3 is 14.7 Å². The van der Waals surface area contributed by atoms with Crippen molar-refractivity contribution in [3.63, 3.8) is 0 Å². The molecule has 0 aliphatic carbocycles. The van der Waals surface area contributed by atoms with Crippen LogP contribution >= 0.6 is 11.3 Å². The van der Waals surface area contributed by atoms with Crippen LogP contribution in [0.25, 0.3) is 11.3 Å². The number of nitrogens with two attached hydrogens (primary N) is 1. The molecule has 0 saturated heterocycles. The maximum Gasteiger partial charge on any atom is 0.488 e. The number of anilines is 1. The minimum Gasteiger partial charge on any atom is -0.497 e. The molecular weight excluding hydrogens is 295 g/mol. The highest BCUT2D eigenvalue weighted by Gasteiger charge is 2.17. The van der Waals surface area contributed by atoms with Gasteiger partial charge in [-0.1, -0.05) is 3.89 Å². The second-order valence-corrected chi connectivity index (χ2v) is 5.25. The quantitative estimate of drug-likeness (QED) is 0.869. The molecule has 0 bridgehead atoms. The van der Waals surface area contributed by atoms with Gasteiger partial charge in [0.25, 0.3) is 0 Å². The van der Waals surface area contributed by atoms with E-state index in [9.17, 15) is 12.3 Å². The van der Waals surface area contributed by atoms with Gasteiger partial charge in [0.1, 0.15) is 5.75 Å². The van der Waals surface area contributed by atoms with Crippen LogP contribution in [0.1, 0.15) is 0 Å². The van der Waals surface area contributed by atoms with Gasteiger partial charge >= 0.3 is 10.5 Å². The summed E-state index contributed by atoms with van der Waals surface area (Å²) in [7, 11) is -3.74. The van der Waals surface area contributed by atoms with Crippen LogP contribution in [0.2, 0.25) is 0 Å². The normalized spacial score (nSPS) is 11.3. The predicted molar refractivity (Wildman–Crippen MR) is 69.2 cm³/mol. The fourth-order valence-electron chi connectivity index (χ4n) is 1.43. The second-order valence-electron chi connectivity index (χ2n) is 3.41. The van der Waals surface area contributed by atoms with Crippen LogP contribution in [-0.4, -0.2) is 20.5 Å². The van der Waals surface area contributed by atoms with Crippen molar-refractivity contribution in [3.05, 3.63) is 23.6 Å². The van der Waals surface area contributed by atoms with E-state index in [1.54, 1.807) is 11.4 Å². The van der Waals surface area contributed by atoms with Crippen LogP contribution in [0.15, 0.2) is 23.6 Å². The molecule has 1 heterocycles. The minimum atomic E-state index is -5.14. The molecule has 0 spiro atoms. The third-order valence-corrected chi connectivity index (χ3v) is 3.23. The molecular formula is C10H9FN2O4S2. The Kier molecular flexibility index (Phi) is 3.58. The first-order chi connectivity index (χ1) is 8.89. The van der Waals surface area contributed by atoms with Crippen molar-refractivity contribution in [3.8, 4) is 22.8 Å². The number of methoxy groups -OCH3 is 1. The lowest BCUT2D eigenvalue weighted by Gasteiger charge is -2.08. The summed E-state index contributed by atoms with van der Waals surface area (Å²) in [4.78, 5) is 3.99. The minimum absolute atomic E-state index is 0.216. The van der Waals surface area contributed by atoms with Gasteiger partial charge in [0.15, 0.2) is 10.9 Å². The zero-order valence-electron chi connectivity index (χ0n) is 9.66. The Morgan fingerprint density at radius 1 is 1.42 bits per heavy atom. The molecule has 19 heavy (non-hydrogen) atoms. The fraction of sp³-hybridized carbons (Fsp3) is 0.100. The zero-order chi connectivity index (χ0) is 14.0. The van der Waals surface area contributed by atoms with Crippen molar-refractivity contribution in [2.24, 2.45) is 0 Å². The standard InChI is InChI=1S/C10H9FN2O4S2/c1-16-6-2-3-7(8-5-18-10(12)13-8)9(4-6)17-19(11,14)15/h2-5H,1H3,(H2,12,13). The maximum absolute atomic E-state index is 12.7. The number of nitrogen functional groups attached to an aromatic ring is 1. The number of hydrogen-bond donors (Lipinski definition) is 1. The van der Waals surface area contributed by atoms with Gasteiger partial charge in [0.2, 0.25) is 0 Å². The largest absolute Gasteiger partial charge is 0.497 e. The Labute approximate surface area is 113 Å². The van der Waals surface area contributed by atoms with E-state index in [-0.39, 0.29) is 5.75 Å². The molecule has 1 aromatic carbocycles. The summed E-state index contributed by atoms with van der Waals surface area (Å²) >= 11 is 1.17. The van der Waals surface area contributed by atoms with E-state index >= 15 is 0 Å². The molecule has 2 aromatic rings. The Hall–Kier alpha value is -1.87. The molecule has 0 aliphatic rings. The van der Waals surface area contributed by atoms with E-state index in [1.165, 1.54) is 30.6 Å². The van der Waals surface area contributed by atoms with Crippen molar-refractivity contribution in [1.82, 2.24) is 4.98 Å². The summed E-state index contributed by atoms with van der Waals surface area (Å²) in [6, 6.07) is 4.33. The number of ether oxygens (including phenoxy) is 1. The molecule has 0 fully saturated rings.